The lowest BCUT2D eigenvalue weighted by molar-refractivity contribution is -0.354. The Hall–Kier alpha value is -3.08. The predicted molar refractivity (Wildman–Crippen MR) is 89.5 cm³/mol. The van der Waals surface area contributed by atoms with Gasteiger partial charge >= 0.3 is 5.97 Å². The van der Waals surface area contributed by atoms with Crippen LogP contribution in [0.4, 0.5) is 5.69 Å². The van der Waals surface area contributed by atoms with Crippen LogP contribution in [0.25, 0.3) is 6.08 Å². The summed E-state index contributed by atoms with van der Waals surface area (Å²) in [5, 5.41) is 21.2. The summed E-state index contributed by atoms with van der Waals surface area (Å²) in [6.45, 7) is 1.62. The first-order chi connectivity index (χ1) is 11.0. The molecule has 5 nitrogen and oxygen atoms in total. The summed E-state index contributed by atoms with van der Waals surface area (Å²) in [7, 11) is 1.60. The molecule has 0 aliphatic carbocycles. The number of methoxy groups -OCH3 is 1. The van der Waals surface area contributed by atoms with Crippen molar-refractivity contribution in [3.8, 4) is 5.75 Å². The molecule has 0 unspecified atom stereocenters. The number of carbonyl (C=O) groups is 1. The minimum atomic E-state index is -1.05. The Morgan fingerprint density at radius 2 is 1.91 bits per heavy atom. The molecule has 1 N–H and O–H groups in total. The third kappa shape index (κ3) is 3.97. The molecule has 0 bridgehead atoms. The van der Waals surface area contributed by atoms with Crippen molar-refractivity contribution in [2.45, 2.75) is 6.92 Å². The van der Waals surface area contributed by atoms with Crippen LogP contribution in [0.1, 0.15) is 21.5 Å². The van der Waals surface area contributed by atoms with Gasteiger partial charge in [-0.1, -0.05) is 18.2 Å². The van der Waals surface area contributed by atoms with Gasteiger partial charge < -0.3 is 15.1 Å². The Bertz CT molecular complexity index is 761. The van der Waals surface area contributed by atoms with E-state index in [-0.39, 0.29) is 5.56 Å². The van der Waals surface area contributed by atoms with E-state index in [1.54, 1.807) is 38.3 Å². The molecular weight excluding hydrogens is 294 g/mol. The number of carboxylic acids is 1. The Morgan fingerprint density at radius 3 is 2.52 bits per heavy atom. The second-order valence-corrected chi connectivity index (χ2v) is 4.86. The van der Waals surface area contributed by atoms with E-state index >= 15 is 0 Å². The number of nitrogens with zero attached hydrogens (tertiary/aromatic N) is 1. The lowest BCUT2D eigenvalue weighted by Gasteiger charge is -2.07. The molecule has 0 aliphatic rings. The highest BCUT2D eigenvalue weighted by atomic mass is 16.5. The molecule has 0 fully saturated rings. The second kappa shape index (κ2) is 7.26. The lowest BCUT2D eigenvalue weighted by atomic mass is 10.1. The average Bonchev–Trinajstić information content (AvgIpc) is 2.55. The predicted octanol–water partition coefficient (Wildman–Crippen LogP) is 3.63. The molecule has 0 atom stereocenters. The van der Waals surface area contributed by atoms with Crippen molar-refractivity contribution < 1.29 is 19.4 Å². The van der Waals surface area contributed by atoms with Gasteiger partial charge in [-0.05, 0) is 36.8 Å². The Balaban J connectivity index is 2.21. The fourth-order valence-electron chi connectivity index (χ4n) is 2.12. The molecule has 5 heteroatoms. The van der Waals surface area contributed by atoms with Crippen molar-refractivity contribution in [3.05, 3.63) is 70.4 Å². The third-order valence-electron chi connectivity index (χ3n) is 3.40. The molecule has 0 spiro atoms. The summed E-state index contributed by atoms with van der Waals surface area (Å²) in [5.74, 6) is -0.288. The van der Waals surface area contributed by atoms with E-state index in [0.29, 0.717) is 16.0 Å². The van der Waals surface area contributed by atoms with E-state index in [4.69, 9.17) is 9.84 Å². The Morgan fingerprint density at radius 1 is 1.22 bits per heavy atom. The van der Waals surface area contributed by atoms with Gasteiger partial charge in [0.15, 0.2) is 6.21 Å². The lowest BCUT2D eigenvalue weighted by Crippen LogP contribution is -2.04. The standard InChI is InChI=1S/C18H17NO4/c1-13-16(18(20)21)6-3-7-17(13)19(22)12-4-5-14-8-10-15(23-2)11-9-14/h3-12H,1-2H3,(H,20,21). The quantitative estimate of drug-likeness (QED) is 0.396. The zero-order chi connectivity index (χ0) is 16.8. The van der Waals surface area contributed by atoms with Gasteiger partial charge in [0.1, 0.15) is 5.75 Å². The number of hydrogen-bond acceptors (Lipinski definition) is 3. The molecule has 0 saturated carbocycles. The zero-order valence-electron chi connectivity index (χ0n) is 12.9. The number of benzene rings is 2. The number of ether oxygens (including phenoxy) is 1. The first kappa shape index (κ1) is 16.3. The van der Waals surface area contributed by atoms with Crippen LogP contribution >= 0.6 is 0 Å². The molecular formula is C18H17NO4. The largest absolute Gasteiger partial charge is 0.618 e. The van der Waals surface area contributed by atoms with E-state index in [9.17, 15) is 10.0 Å². The van der Waals surface area contributed by atoms with Gasteiger partial charge in [-0.2, -0.15) is 4.74 Å². The minimum Gasteiger partial charge on any atom is -0.618 e. The van der Waals surface area contributed by atoms with Gasteiger partial charge in [0, 0.05) is 17.7 Å². The Labute approximate surface area is 134 Å². The summed E-state index contributed by atoms with van der Waals surface area (Å²) in [5.41, 5.74) is 1.79. The summed E-state index contributed by atoms with van der Waals surface area (Å²) < 4.78 is 5.73. The molecule has 118 valence electrons. The van der Waals surface area contributed by atoms with Crippen LogP contribution in [0, 0.1) is 12.1 Å². The topological polar surface area (TPSA) is 72.6 Å². The average molecular weight is 311 g/mol. The van der Waals surface area contributed by atoms with E-state index in [0.717, 1.165) is 11.3 Å². The summed E-state index contributed by atoms with van der Waals surface area (Å²) >= 11 is 0. The van der Waals surface area contributed by atoms with Crippen LogP contribution in [-0.2, 0) is 0 Å². The first-order valence-electron chi connectivity index (χ1n) is 6.98. The number of aromatic carboxylic acids is 1. The molecule has 0 radical (unpaired) electrons. The van der Waals surface area contributed by atoms with Crippen molar-refractivity contribution in [3.63, 3.8) is 0 Å². The molecule has 0 amide bonds. The summed E-state index contributed by atoms with van der Waals surface area (Å²) in [4.78, 5) is 11.1. The fourth-order valence-corrected chi connectivity index (χ4v) is 2.12. The van der Waals surface area contributed by atoms with Gasteiger partial charge in [-0.25, -0.2) is 4.79 Å². The fraction of sp³-hybridized carbons (Fsp3) is 0.111. The molecule has 2 aromatic carbocycles. The summed E-state index contributed by atoms with van der Waals surface area (Å²) in [6, 6.07) is 12.0. The molecule has 23 heavy (non-hydrogen) atoms. The SMILES string of the molecule is COc1ccc(C=CC=[N+]([O-])c2cccc(C(=O)O)c2C)cc1. The maximum absolute atomic E-state index is 12.1. The highest BCUT2D eigenvalue weighted by molar-refractivity contribution is 5.90. The minimum absolute atomic E-state index is 0.121. The van der Waals surface area contributed by atoms with Crippen LogP contribution in [0.15, 0.2) is 48.5 Å². The van der Waals surface area contributed by atoms with Gasteiger partial charge in [0.2, 0.25) is 5.69 Å². The van der Waals surface area contributed by atoms with Crippen LogP contribution in [0.2, 0.25) is 0 Å². The van der Waals surface area contributed by atoms with Crippen molar-refractivity contribution in [2.75, 3.05) is 7.11 Å². The molecule has 0 heterocycles. The van der Waals surface area contributed by atoms with E-state index in [1.165, 1.54) is 12.3 Å². The second-order valence-electron chi connectivity index (χ2n) is 4.86. The highest BCUT2D eigenvalue weighted by Gasteiger charge is 2.14. The summed E-state index contributed by atoms with van der Waals surface area (Å²) in [6.07, 6.45) is 4.74. The van der Waals surface area contributed by atoms with Crippen molar-refractivity contribution >= 4 is 23.9 Å². The van der Waals surface area contributed by atoms with Crippen molar-refractivity contribution in [2.24, 2.45) is 0 Å². The Kier molecular flexibility index (Phi) is 5.15. The van der Waals surface area contributed by atoms with Gasteiger partial charge in [0.05, 0.1) is 12.7 Å². The van der Waals surface area contributed by atoms with E-state index < -0.39 is 5.97 Å². The molecule has 0 aliphatic heterocycles. The van der Waals surface area contributed by atoms with Crippen molar-refractivity contribution in [1.82, 2.24) is 0 Å². The van der Waals surface area contributed by atoms with Gasteiger partial charge in [-0.3, -0.25) is 0 Å². The molecule has 0 aromatic heterocycles. The number of allylic oxidation sites excluding steroid dienone is 1. The van der Waals surface area contributed by atoms with Crippen LogP contribution in [-0.4, -0.2) is 29.1 Å². The molecule has 0 saturated heterocycles. The maximum Gasteiger partial charge on any atom is 0.336 e. The van der Waals surface area contributed by atoms with Gasteiger partial charge in [-0.15, -0.1) is 0 Å². The molecule has 2 aromatic rings. The normalized spacial score (nSPS) is 11.7. The number of hydrogen-bond donors (Lipinski definition) is 1. The van der Waals surface area contributed by atoms with Crippen LogP contribution < -0.4 is 4.74 Å². The monoisotopic (exact) mass is 311 g/mol. The number of carboxylic acid groups (broad SMARTS) is 1. The zero-order valence-corrected chi connectivity index (χ0v) is 12.9. The smallest absolute Gasteiger partial charge is 0.336 e. The van der Waals surface area contributed by atoms with Crippen LogP contribution in [0.5, 0.6) is 5.75 Å². The van der Waals surface area contributed by atoms with E-state index in [1.807, 2.05) is 24.3 Å². The van der Waals surface area contributed by atoms with Crippen LogP contribution in [0.3, 0.4) is 0 Å². The van der Waals surface area contributed by atoms with E-state index in [2.05, 4.69) is 0 Å². The highest BCUT2D eigenvalue weighted by Crippen LogP contribution is 2.21. The number of rotatable bonds is 5. The maximum atomic E-state index is 12.1. The third-order valence-corrected chi connectivity index (χ3v) is 3.40. The first-order valence-corrected chi connectivity index (χ1v) is 6.98. The van der Waals surface area contributed by atoms with Crippen molar-refractivity contribution in [1.29, 1.82) is 0 Å². The molecule has 2 rings (SSSR count). The van der Waals surface area contributed by atoms with Gasteiger partial charge in [0.25, 0.3) is 0 Å².